The molecule has 0 amide bonds. The van der Waals surface area contributed by atoms with Crippen LogP contribution in [0.4, 0.5) is 11.4 Å². The summed E-state index contributed by atoms with van der Waals surface area (Å²) in [4.78, 5) is 38.7. The van der Waals surface area contributed by atoms with E-state index in [-0.39, 0.29) is 46.3 Å². The van der Waals surface area contributed by atoms with Gasteiger partial charge in [0.1, 0.15) is 4.90 Å². The van der Waals surface area contributed by atoms with Crippen LogP contribution in [0, 0.1) is 0 Å². The smallest absolute Gasteiger partial charge is 0.305 e. The van der Waals surface area contributed by atoms with Gasteiger partial charge in [0.05, 0.1) is 28.8 Å². The number of ketones is 1. The number of rotatable bonds is 5. The number of fused-ring (bicyclic) bond motifs is 3. The Morgan fingerprint density at radius 1 is 0.974 bits per heavy atom. The number of hydrogen-bond acceptors (Lipinski definition) is 7. The number of para-hydroxylation sites is 1. The second-order valence-electron chi connectivity index (χ2n) is 8.98. The van der Waals surface area contributed by atoms with Crippen LogP contribution in [0.5, 0.6) is 0 Å². The molecule has 10 nitrogen and oxygen atoms in total. The van der Waals surface area contributed by atoms with Crippen molar-refractivity contribution in [3.8, 4) is 11.1 Å². The molecule has 1 aliphatic carbocycles. The molecule has 2 aliphatic rings. The minimum Gasteiger partial charge on any atom is -0.481 e. The number of carboxylic acid groups (broad SMARTS) is 1. The summed E-state index contributed by atoms with van der Waals surface area (Å²) in [6.07, 6.45) is -0.161. The number of carbonyl (C=O) groups excluding carboxylic acids is 1. The van der Waals surface area contributed by atoms with Gasteiger partial charge in [-0.25, -0.2) is 0 Å². The van der Waals surface area contributed by atoms with Crippen LogP contribution in [0.1, 0.15) is 27.9 Å². The standard InChI is InChI=1S/C27H20N4O6S/c1-31-18-11-10-17(28-13-12-20(32)33)22-23(18)21(14-6-2-3-7-15(14)25(22)34)24(27(31)35)26-29-16-8-4-5-9-19(16)38(36,37)30-26/h2-11,28H,12-13H2,1H3,(H,29,30)(H,32,33). The van der Waals surface area contributed by atoms with Crippen LogP contribution < -0.4 is 16.2 Å². The molecule has 38 heavy (non-hydrogen) atoms. The van der Waals surface area contributed by atoms with E-state index >= 15 is 0 Å². The Balaban J connectivity index is 1.71. The van der Waals surface area contributed by atoms with Crippen LogP contribution in [0.3, 0.4) is 0 Å². The van der Waals surface area contributed by atoms with E-state index < -0.39 is 21.6 Å². The van der Waals surface area contributed by atoms with Gasteiger partial charge in [-0.05, 0) is 29.8 Å². The first-order valence-corrected chi connectivity index (χ1v) is 13.1. The fourth-order valence-electron chi connectivity index (χ4n) is 5.07. The molecule has 4 aromatic rings. The lowest BCUT2D eigenvalue weighted by Crippen LogP contribution is -2.33. The fraction of sp³-hybridized carbons (Fsp3) is 0.111. The third-order valence-electron chi connectivity index (χ3n) is 6.75. The maximum Gasteiger partial charge on any atom is 0.305 e. The minimum absolute atomic E-state index is 0.00353. The molecule has 1 aliphatic heterocycles. The molecule has 0 unspecified atom stereocenters. The van der Waals surface area contributed by atoms with Crippen molar-refractivity contribution in [2.24, 2.45) is 11.4 Å². The molecule has 0 bridgehead atoms. The van der Waals surface area contributed by atoms with Crippen molar-refractivity contribution in [3.05, 3.63) is 87.7 Å². The molecule has 0 saturated heterocycles. The normalized spacial score (nSPS) is 14.8. The number of anilines is 2. The zero-order valence-corrected chi connectivity index (χ0v) is 20.8. The highest BCUT2D eigenvalue weighted by atomic mass is 32.2. The van der Waals surface area contributed by atoms with E-state index in [1.54, 1.807) is 61.6 Å². The average Bonchev–Trinajstić information content (AvgIpc) is 2.89. The number of aromatic nitrogens is 1. The van der Waals surface area contributed by atoms with Gasteiger partial charge in [-0.3, -0.25) is 14.4 Å². The predicted octanol–water partition coefficient (Wildman–Crippen LogP) is 3.20. The van der Waals surface area contributed by atoms with E-state index in [9.17, 15) is 22.8 Å². The number of carboxylic acids is 1. The van der Waals surface area contributed by atoms with Crippen molar-refractivity contribution in [2.45, 2.75) is 11.3 Å². The highest BCUT2D eigenvalue weighted by Gasteiger charge is 2.35. The summed E-state index contributed by atoms with van der Waals surface area (Å²) in [5.74, 6) is -1.42. The summed E-state index contributed by atoms with van der Waals surface area (Å²) in [6.45, 7) is 0.0833. The molecule has 0 spiro atoms. The van der Waals surface area contributed by atoms with Gasteiger partial charge in [-0.1, -0.05) is 36.4 Å². The Kier molecular flexibility index (Phi) is 5.21. The lowest BCUT2D eigenvalue weighted by molar-refractivity contribution is -0.136. The van der Waals surface area contributed by atoms with Crippen molar-refractivity contribution in [1.82, 2.24) is 4.57 Å². The molecule has 3 aromatic carbocycles. The Morgan fingerprint density at radius 2 is 1.68 bits per heavy atom. The van der Waals surface area contributed by atoms with Gasteiger partial charge in [-0.2, -0.15) is 8.42 Å². The number of aliphatic carboxylic acids is 1. The SMILES string of the molecule is Cn1c(=O)c(C2=NS(=O)(=O)c3ccccc3N2)c2c3c(c(NCCC(=O)O)ccc31)C(=O)c1ccccc1-2. The number of sulfonamides is 1. The largest absolute Gasteiger partial charge is 0.481 e. The summed E-state index contributed by atoms with van der Waals surface area (Å²) in [5.41, 5.74) is 2.17. The van der Waals surface area contributed by atoms with Crippen LogP contribution in [-0.2, 0) is 21.9 Å². The Hall–Kier alpha value is -4.77. The highest BCUT2D eigenvalue weighted by molar-refractivity contribution is 7.90. The second-order valence-corrected chi connectivity index (χ2v) is 10.6. The van der Waals surface area contributed by atoms with Gasteiger partial charge < -0.3 is 20.3 Å². The van der Waals surface area contributed by atoms with E-state index in [4.69, 9.17) is 5.11 Å². The molecule has 0 radical (unpaired) electrons. The van der Waals surface area contributed by atoms with Crippen molar-refractivity contribution in [3.63, 3.8) is 0 Å². The molecule has 6 rings (SSSR count). The number of aryl methyl sites for hydroxylation is 1. The molecule has 3 N–H and O–H groups in total. The third-order valence-corrected chi connectivity index (χ3v) is 8.09. The molecule has 11 heteroatoms. The first-order chi connectivity index (χ1) is 18.2. The van der Waals surface area contributed by atoms with Gasteiger partial charge >= 0.3 is 5.97 Å². The number of amidine groups is 1. The zero-order valence-electron chi connectivity index (χ0n) is 20.0. The highest BCUT2D eigenvalue weighted by Crippen LogP contribution is 2.43. The topological polar surface area (TPSA) is 147 Å². The van der Waals surface area contributed by atoms with Gasteiger partial charge in [0.15, 0.2) is 11.6 Å². The number of benzene rings is 3. The van der Waals surface area contributed by atoms with E-state index in [2.05, 4.69) is 15.0 Å². The molecular weight excluding hydrogens is 508 g/mol. The Bertz CT molecular complexity index is 1920. The number of nitrogens with one attached hydrogen (secondary N) is 2. The quantitative estimate of drug-likeness (QED) is 0.315. The molecular formula is C27H20N4O6S. The van der Waals surface area contributed by atoms with Crippen LogP contribution in [0.15, 0.2) is 74.8 Å². The molecule has 0 fully saturated rings. The van der Waals surface area contributed by atoms with Crippen molar-refractivity contribution in [2.75, 3.05) is 17.2 Å². The van der Waals surface area contributed by atoms with E-state index in [0.717, 1.165) is 0 Å². The van der Waals surface area contributed by atoms with Crippen LogP contribution >= 0.6 is 0 Å². The Labute approximate surface area is 216 Å². The summed E-state index contributed by atoms with van der Waals surface area (Å²) >= 11 is 0. The zero-order chi connectivity index (χ0) is 26.8. The monoisotopic (exact) mass is 528 g/mol. The molecule has 2 heterocycles. The second kappa shape index (κ2) is 8.38. The predicted molar refractivity (Wildman–Crippen MR) is 143 cm³/mol. The lowest BCUT2D eigenvalue weighted by atomic mass is 9.81. The van der Waals surface area contributed by atoms with Crippen molar-refractivity contribution < 1.29 is 23.1 Å². The summed E-state index contributed by atoms with van der Waals surface area (Å²) in [5, 5.41) is 15.6. The van der Waals surface area contributed by atoms with Crippen molar-refractivity contribution in [1.29, 1.82) is 0 Å². The first-order valence-electron chi connectivity index (χ1n) is 11.7. The Morgan fingerprint density at radius 3 is 2.45 bits per heavy atom. The van der Waals surface area contributed by atoms with Crippen LogP contribution in [-0.4, -0.2) is 42.2 Å². The van der Waals surface area contributed by atoms with Crippen LogP contribution in [0.2, 0.25) is 0 Å². The molecule has 0 atom stereocenters. The number of hydrogen-bond donors (Lipinski definition) is 3. The summed E-state index contributed by atoms with van der Waals surface area (Å²) in [6, 6.07) is 16.4. The average molecular weight is 529 g/mol. The van der Waals surface area contributed by atoms with Gasteiger partial charge in [0.2, 0.25) is 0 Å². The lowest BCUT2D eigenvalue weighted by Gasteiger charge is -2.27. The van der Waals surface area contributed by atoms with Crippen LogP contribution in [0.25, 0.3) is 22.0 Å². The van der Waals surface area contributed by atoms with Gasteiger partial charge in [-0.15, -0.1) is 4.40 Å². The fourth-order valence-corrected chi connectivity index (χ4v) is 6.19. The molecule has 190 valence electrons. The number of carbonyl (C=O) groups is 2. The molecule has 1 aromatic heterocycles. The number of pyridine rings is 1. The maximum atomic E-state index is 13.8. The summed E-state index contributed by atoms with van der Waals surface area (Å²) < 4.78 is 31.5. The minimum atomic E-state index is -4.11. The first kappa shape index (κ1) is 23.6. The van der Waals surface area contributed by atoms with Gasteiger partial charge in [0.25, 0.3) is 15.6 Å². The van der Waals surface area contributed by atoms with E-state index in [0.29, 0.717) is 33.3 Å². The maximum absolute atomic E-state index is 13.8. The molecule has 0 saturated carbocycles. The number of nitrogens with zero attached hydrogens (tertiary/aromatic N) is 2. The van der Waals surface area contributed by atoms with E-state index in [1.807, 2.05) is 0 Å². The van der Waals surface area contributed by atoms with Gasteiger partial charge in [0, 0.05) is 35.8 Å². The van der Waals surface area contributed by atoms with Crippen molar-refractivity contribution >= 4 is 49.9 Å². The third kappa shape index (κ3) is 3.43. The summed E-state index contributed by atoms with van der Waals surface area (Å²) in [7, 11) is -2.57. The van der Waals surface area contributed by atoms with E-state index in [1.165, 1.54) is 10.6 Å².